The zero-order chi connectivity index (χ0) is 21.6. The monoisotopic (exact) mass is 399 g/mol. The van der Waals surface area contributed by atoms with Gasteiger partial charge in [-0.1, -0.05) is 12.1 Å². The zero-order valence-corrected chi connectivity index (χ0v) is 17.1. The summed E-state index contributed by atoms with van der Waals surface area (Å²) >= 11 is 0. The van der Waals surface area contributed by atoms with E-state index in [0.717, 1.165) is 5.56 Å². The summed E-state index contributed by atoms with van der Waals surface area (Å²) in [6.45, 7) is 7.71. The zero-order valence-electron chi connectivity index (χ0n) is 17.1. The van der Waals surface area contributed by atoms with Gasteiger partial charge >= 0.3 is 5.97 Å². The van der Waals surface area contributed by atoms with E-state index in [9.17, 15) is 14.4 Å². The molecule has 0 aliphatic carbocycles. The molecule has 0 atom stereocenters. The first-order valence-electron chi connectivity index (χ1n) is 9.08. The van der Waals surface area contributed by atoms with Crippen molar-refractivity contribution in [2.24, 2.45) is 0 Å². The number of esters is 1. The molecule has 0 bridgehead atoms. The average Bonchev–Trinajstić information content (AvgIpc) is 2.99. The number of benzene rings is 1. The number of H-pyrrole nitrogens is 1. The van der Waals surface area contributed by atoms with Crippen molar-refractivity contribution in [2.45, 2.75) is 27.2 Å². The maximum atomic E-state index is 12.3. The van der Waals surface area contributed by atoms with Crippen LogP contribution in [0.4, 0.5) is 0 Å². The Morgan fingerprint density at radius 3 is 2.45 bits per heavy atom. The van der Waals surface area contributed by atoms with Crippen molar-refractivity contribution in [3.05, 3.63) is 58.9 Å². The molecule has 7 heteroatoms. The summed E-state index contributed by atoms with van der Waals surface area (Å²) in [6.07, 6.45) is 2.46. The molecule has 154 valence electrons. The van der Waals surface area contributed by atoms with Gasteiger partial charge in [0.2, 0.25) is 5.78 Å². The Morgan fingerprint density at radius 2 is 1.86 bits per heavy atom. The third-order valence-electron chi connectivity index (χ3n) is 4.39. The van der Waals surface area contributed by atoms with E-state index in [-0.39, 0.29) is 18.1 Å². The molecule has 0 unspecified atom stereocenters. The average molecular weight is 399 g/mol. The van der Waals surface area contributed by atoms with Gasteiger partial charge in [-0.15, -0.1) is 6.58 Å². The highest BCUT2D eigenvalue weighted by Crippen LogP contribution is 2.28. The van der Waals surface area contributed by atoms with Crippen LogP contribution < -0.4 is 9.47 Å². The normalized spacial score (nSPS) is 10.3. The maximum Gasteiger partial charge on any atom is 0.344 e. The molecule has 0 aliphatic rings. The SMILES string of the molecule is C=CCc1ccc(OCC(=O)OCC(=O)c2[nH]c(C)c(C(C)=O)c2C)c(OC)c1. The fraction of sp³-hybridized carbons (Fsp3) is 0.318. The van der Waals surface area contributed by atoms with Gasteiger partial charge in [0.1, 0.15) is 0 Å². The van der Waals surface area contributed by atoms with Crippen molar-refractivity contribution < 1.29 is 28.6 Å². The Morgan fingerprint density at radius 1 is 1.14 bits per heavy atom. The summed E-state index contributed by atoms with van der Waals surface area (Å²) in [5.41, 5.74) is 2.91. The van der Waals surface area contributed by atoms with Crippen LogP contribution in [0.2, 0.25) is 0 Å². The Bertz CT molecular complexity index is 941. The summed E-state index contributed by atoms with van der Waals surface area (Å²) in [5, 5.41) is 0. The second-order valence-electron chi connectivity index (χ2n) is 6.53. The number of allylic oxidation sites excluding steroid dienone is 1. The first-order chi connectivity index (χ1) is 13.8. The predicted molar refractivity (Wildman–Crippen MR) is 108 cm³/mol. The van der Waals surface area contributed by atoms with Crippen molar-refractivity contribution >= 4 is 17.5 Å². The molecule has 0 saturated heterocycles. The minimum Gasteiger partial charge on any atom is -0.493 e. The molecule has 0 saturated carbocycles. The Labute approximate surface area is 169 Å². The van der Waals surface area contributed by atoms with E-state index in [1.807, 2.05) is 6.07 Å². The molecule has 2 rings (SSSR count). The summed E-state index contributed by atoms with van der Waals surface area (Å²) in [4.78, 5) is 38.9. The van der Waals surface area contributed by atoms with E-state index >= 15 is 0 Å². The number of carbonyl (C=O) groups is 3. The molecule has 0 aliphatic heterocycles. The molecule has 0 radical (unpaired) electrons. The first-order valence-corrected chi connectivity index (χ1v) is 9.08. The van der Waals surface area contributed by atoms with Crippen LogP contribution in [0.25, 0.3) is 0 Å². The molecule has 1 aromatic carbocycles. The van der Waals surface area contributed by atoms with Crippen molar-refractivity contribution in [3.63, 3.8) is 0 Å². The van der Waals surface area contributed by atoms with E-state index < -0.39 is 18.4 Å². The summed E-state index contributed by atoms with van der Waals surface area (Å²) in [5.74, 6) is -0.358. The lowest BCUT2D eigenvalue weighted by Gasteiger charge is -2.11. The van der Waals surface area contributed by atoms with E-state index in [4.69, 9.17) is 14.2 Å². The van der Waals surface area contributed by atoms with Gasteiger partial charge in [-0.25, -0.2) is 4.79 Å². The number of aromatic nitrogens is 1. The van der Waals surface area contributed by atoms with Crippen LogP contribution in [0.15, 0.2) is 30.9 Å². The van der Waals surface area contributed by atoms with Crippen LogP contribution >= 0.6 is 0 Å². The van der Waals surface area contributed by atoms with Crippen molar-refractivity contribution in [1.82, 2.24) is 4.98 Å². The van der Waals surface area contributed by atoms with Crippen LogP contribution in [0.3, 0.4) is 0 Å². The highest BCUT2D eigenvalue weighted by Gasteiger charge is 2.21. The molecular weight excluding hydrogens is 374 g/mol. The lowest BCUT2D eigenvalue weighted by Crippen LogP contribution is -2.20. The van der Waals surface area contributed by atoms with E-state index in [1.165, 1.54) is 14.0 Å². The molecule has 0 spiro atoms. The number of rotatable bonds is 10. The van der Waals surface area contributed by atoms with Gasteiger partial charge in [-0.2, -0.15) is 0 Å². The topological polar surface area (TPSA) is 94.7 Å². The Kier molecular flexibility index (Phi) is 7.36. The smallest absolute Gasteiger partial charge is 0.344 e. The number of hydrogen-bond donors (Lipinski definition) is 1. The fourth-order valence-electron chi connectivity index (χ4n) is 3.08. The summed E-state index contributed by atoms with van der Waals surface area (Å²) in [7, 11) is 1.51. The van der Waals surface area contributed by atoms with E-state index in [0.29, 0.717) is 34.7 Å². The standard InChI is InChI=1S/C22H25NO6/c1-6-7-16-8-9-18(19(10-16)27-5)28-12-20(26)29-11-17(25)22-13(2)21(15(4)24)14(3)23-22/h6,8-10,23H,1,7,11-12H2,2-5H3. The van der Waals surface area contributed by atoms with E-state index in [2.05, 4.69) is 11.6 Å². The Hall–Kier alpha value is -3.35. The van der Waals surface area contributed by atoms with Crippen molar-refractivity contribution in [1.29, 1.82) is 0 Å². The highest BCUT2D eigenvalue weighted by molar-refractivity contribution is 6.04. The molecule has 2 aromatic rings. The van der Waals surface area contributed by atoms with Gasteiger partial charge in [0, 0.05) is 11.3 Å². The lowest BCUT2D eigenvalue weighted by atomic mass is 10.1. The van der Waals surface area contributed by atoms with Gasteiger partial charge in [-0.3, -0.25) is 9.59 Å². The number of hydrogen-bond acceptors (Lipinski definition) is 6. The number of aromatic amines is 1. The highest BCUT2D eigenvalue weighted by atomic mass is 16.6. The Balaban J connectivity index is 1.94. The maximum absolute atomic E-state index is 12.3. The molecule has 1 aromatic heterocycles. The minimum absolute atomic E-state index is 0.131. The number of methoxy groups -OCH3 is 1. The number of aryl methyl sites for hydroxylation is 1. The quantitative estimate of drug-likeness (QED) is 0.374. The van der Waals surface area contributed by atoms with Gasteiger partial charge in [0.25, 0.3) is 0 Å². The molecule has 29 heavy (non-hydrogen) atoms. The van der Waals surface area contributed by atoms with Crippen molar-refractivity contribution in [3.8, 4) is 11.5 Å². The van der Waals surface area contributed by atoms with Crippen LogP contribution in [0.5, 0.6) is 11.5 Å². The van der Waals surface area contributed by atoms with Crippen LogP contribution in [-0.4, -0.2) is 42.8 Å². The number of ether oxygens (including phenoxy) is 3. The molecule has 7 nitrogen and oxygen atoms in total. The predicted octanol–water partition coefficient (Wildman–Crippen LogP) is 3.38. The first kappa shape index (κ1) is 21.9. The molecule has 0 fully saturated rings. The van der Waals surface area contributed by atoms with Crippen LogP contribution in [-0.2, 0) is 16.0 Å². The largest absolute Gasteiger partial charge is 0.493 e. The molecule has 1 heterocycles. The number of ketones is 2. The number of carbonyl (C=O) groups excluding carboxylic acids is 3. The minimum atomic E-state index is -0.691. The third-order valence-corrected chi connectivity index (χ3v) is 4.39. The van der Waals surface area contributed by atoms with Gasteiger partial charge in [0.05, 0.1) is 12.8 Å². The third kappa shape index (κ3) is 5.34. The summed E-state index contributed by atoms with van der Waals surface area (Å²) in [6, 6.07) is 5.34. The van der Waals surface area contributed by atoms with Crippen molar-refractivity contribution in [2.75, 3.05) is 20.3 Å². The second-order valence-corrected chi connectivity index (χ2v) is 6.53. The van der Waals surface area contributed by atoms with Gasteiger partial charge < -0.3 is 19.2 Å². The van der Waals surface area contributed by atoms with Gasteiger partial charge in [-0.05, 0) is 50.5 Å². The van der Waals surface area contributed by atoms with E-state index in [1.54, 1.807) is 32.1 Å². The fourth-order valence-corrected chi connectivity index (χ4v) is 3.08. The summed E-state index contributed by atoms with van der Waals surface area (Å²) < 4.78 is 15.7. The molecule has 0 amide bonds. The van der Waals surface area contributed by atoms with Gasteiger partial charge in [0.15, 0.2) is 30.5 Å². The number of Topliss-reactive ketones (excluding diaryl/α,β-unsaturated/α-hetero) is 2. The second kappa shape index (κ2) is 9.73. The van der Waals surface area contributed by atoms with Crippen LogP contribution in [0.1, 0.15) is 44.6 Å². The lowest BCUT2D eigenvalue weighted by molar-refractivity contribution is -0.144. The molecule has 1 N–H and O–H groups in total. The molecular formula is C22H25NO6. The van der Waals surface area contributed by atoms with Crippen LogP contribution in [0, 0.1) is 13.8 Å². The number of nitrogens with one attached hydrogen (secondary N) is 1.